The zero-order chi connectivity index (χ0) is 14.8. The number of aromatic nitrogens is 1. The number of hydrogen-bond acceptors (Lipinski definition) is 5. The van der Waals surface area contributed by atoms with E-state index in [4.69, 9.17) is 0 Å². The maximum Gasteiger partial charge on any atom is 0.335 e. The van der Waals surface area contributed by atoms with Gasteiger partial charge in [0.2, 0.25) is 0 Å². The van der Waals surface area contributed by atoms with E-state index in [1.165, 1.54) is 11.3 Å². The van der Waals surface area contributed by atoms with Crippen molar-refractivity contribution >= 4 is 23.1 Å². The molecule has 0 saturated heterocycles. The normalized spacial score (nSPS) is 18.1. The highest BCUT2D eigenvalue weighted by Gasteiger charge is 2.29. The molecule has 0 aliphatic carbocycles. The fourth-order valence-corrected chi connectivity index (χ4v) is 2.87. The summed E-state index contributed by atoms with van der Waals surface area (Å²) < 4.78 is 0. The summed E-state index contributed by atoms with van der Waals surface area (Å²) in [4.78, 5) is 20.4. The van der Waals surface area contributed by atoms with Crippen LogP contribution in [0.15, 0.2) is 58.2 Å². The van der Waals surface area contributed by atoms with E-state index < -0.39 is 12.0 Å². The summed E-state index contributed by atoms with van der Waals surface area (Å²) in [6.45, 7) is 1.75. The Balaban J connectivity index is 2.09. The lowest BCUT2D eigenvalue weighted by Gasteiger charge is -2.24. The largest absolute Gasteiger partial charge is 0.478 e. The van der Waals surface area contributed by atoms with Gasteiger partial charge < -0.3 is 10.4 Å². The minimum atomic E-state index is -0.962. The van der Waals surface area contributed by atoms with E-state index in [2.05, 4.69) is 15.3 Å². The Hall–Kier alpha value is -2.47. The van der Waals surface area contributed by atoms with E-state index in [1.54, 1.807) is 13.1 Å². The van der Waals surface area contributed by atoms with E-state index in [-0.39, 0.29) is 5.57 Å². The Bertz CT molecular complexity index is 721. The number of carboxylic acid groups (broad SMARTS) is 1. The first-order valence-electron chi connectivity index (χ1n) is 6.40. The first-order valence-corrected chi connectivity index (χ1v) is 7.28. The van der Waals surface area contributed by atoms with E-state index in [9.17, 15) is 9.90 Å². The molecular weight excluding hydrogens is 286 g/mol. The topological polar surface area (TPSA) is 74.6 Å². The van der Waals surface area contributed by atoms with Crippen molar-refractivity contribution < 1.29 is 9.90 Å². The van der Waals surface area contributed by atoms with Gasteiger partial charge in [-0.25, -0.2) is 9.78 Å². The van der Waals surface area contributed by atoms with Crippen molar-refractivity contribution in [3.63, 3.8) is 0 Å². The molecule has 3 rings (SSSR count). The third kappa shape index (κ3) is 2.57. The number of benzene rings is 1. The Kier molecular flexibility index (Phi) is 3.53. The van der Waals surface area contributed by atoms with Crippen LogP contribution < -0.4 is 5.32 Å². The van der Waals surface area contributed by atoms with E-state index >= 15 is 0 Å². The highest BCUT2D eigenvalue weighted by Crippen LogP contribution is 2.31. The second kappa shape index (κ2) is 5.49. The molecule has 1 unspecified atom stereocenters. The monoisotopic (exact) mass is 299 g/mol. The highest BCUT2D eigenvalue weighted by atomic mass is 32.1. The molecule has 1 aliphatic heterocycles. The molecule has 5 nitrogen and oxygen atoms in total. The van der Waals surface area contributed by atoms with Crippen LogP contribution in [0, 0.1) is 0 Å². The van der Waals surface area contributed by atoms with Gasteiger partial charge >= 0.3 is 5.97 Å². The van der Waals surface area contributed by atoms with Gasteiger partial charge in [-0.3, -0.25) is 4.99 Å². The molecule has 2 N–H and O–H groups in total. The van der Waals surface area contributed by atoms with Gasteiger partial charge in [0.1, 0.15) is 6.04 Å². The number of hydrogen-bond donors (Lipinski definition) is 2. The van der Waals surface area contributed by atoms with Crippen LogP contribution in [0.5, 0.6) is 0 Å². The van der Waals surface area contributed by atoms with Crippen LogP contribution in [-0.2, 0) is 4.79 Å². The highest BCUT2D eigenvalue weighted by molar-refractivity contribution is 7.11. The molecule has 106 valence electrons. The van der Waals surface area contributed by atoms with Crippen LogP contribution in [0.2, 0.25) is 0 Å². The number of allylic oxidation sites excluding steroid dienone is 1. The molecule has 1 aromatic heterocycles. The molecule has 1 aliphatic rings. The van der Waals surface area contributed by atoms with Crippen LogP contribution >= 0.6 is 11.3 Å². The lowest BCUT2D eigenvalue weighted by atomic mass is 9.96. The van der Waals surface area contributed by atoms with Crippen molar-refractivity contribution in [1.29, 1.82) is 0 Å². The summed E-state index contributed by atoms with van der Waals surface area (Å²) in [5, 5.41) is 15.1. The minimum Gasteiger partial charge on any atom is -0.478 e. The number of carboxylic acids is 1. The minimum absolute atomic E-state index is 0.265. The lowest BCUT2D eigenvalue weighted by Crippen LogP contribution is -2.32. The van der Waals surface area contributed by atoms with Crippen molar-refractivity contribution in [2.24, 2.45) is 4.99 Å². The Morgan fingerprint density at radius 1 is 1.33 bits per heavy atom. The van der Waals surface area contributed by atoms with Gasteiger partial charge in [0.05, 0.1) is 5.57 Å². The summed E-state index contributed by atoms with van der Waals surface area (Å²) in [5.74, 6) is -0.350. The molecule has 1 aromatic carbocycles. The summed E-state index contributed by atoms with van der Waals surface area (Å²) >= 11 is 1.46. The van der Waals surface area contributed by atoms with Crippen molar-refractivity contribution in [2.75, 3.05) is 0 Å². The first kappa shape index (κ1) is 13.5. The third-order valence-electron chi connectivity index (χ3n) is 3.22. The predicted octanol–water partition coefficient (Wildman–Crippen LogP) is 2.59. The van der Waals surface area contributed by atoms with E-state index in [0.29, 0.717) is 11.5 Å². The lowest BCUT2D eigenvalue weighted by molar-refractivity contribution is -0.133. The molecule has 0 saturated carbocycles. The van der Waals surface area contributed by atoms with Gasteiger partial charge in [-0.2, -0.15) is 0 Å². The zero-order valence-electron chi connectivity index (χ0n) is 11.3. The molecule has 0 amide bonds. The number of nitrogens with one attached hydrogen (secondary N) is 1. The maximum absolute atomic E-state index is 11.6. The number of aliphatic imine (C=N–C) groups is 1. The summed E-state index contributed by atoms with van der Waals surface area (Å²) in [7, 11) is 0. The molecule has 0 fully saturated rings. The molecule has 0 bridgehead atoms. The first-order chi connectivity index (χ1) is 10.2. The average Bonchev–Trinajstić information content (AvgIpc) is 3.01. The molecule has 6 heteroatoms. The second-order valence-corrected chi connectivity index (χ2v) is 5.49. The predicted molar refractivity (Wildman–Crippen MR) is 81.3 cm³/mol. The fourth-order valence-electron chi connectivity index (χ4n) is 2.28. The van der Waals surface area contributed by atoms with Crippen molar-refractivity contribution in [3.8, 4) is 0 Å². The summed E-state index contributed by atoms with van der Waals surface area (Å²) in [6, 6.07) is 8.90. The van der Waals surface area contributed by atoms with Gasteiger partial charge in [-0.15, -0.1) is 11.3 Å². The Morgan fingerprint density at radius 2 is 2.10 bits per heavy atom. The van der Waals surface area contributed by atoms with Gasteiger partial charge in [-0.1, -0.05) is 30.3 Å². The smallest absolute Gasteiger partial charge is 0.335 e. The maximum atomic E-state index is 11.6. The van der Waals surface area contributed by atoms with Crippen LogP contribution in [0.3, 0.4) is 0 Å². The van der Waals surface area contributed by atoms with Gasteiger partial charge in [-0.05, 0) is 12.5 Å². The molecular formula is C15H13N3O2S. The summed E-state index contributed by atoms with van der Waals surface area (Å²) in [5.41, 5.74) is 1.71. The fraction of sp³-hybridized carbons (Fsp3) is 0.133. The van der Waals surface area contributed by atoms with Gasteiger partial charge in [0.25, 0.3) is 0 Å². The Labute approximate surface area is 125 Å². The SMILES string of the molecule is CC1=C(C(=O)O)C(c2ccccc2)N=C(c2nccs2)N1. The van der Waals surface area contributed by atoms with Crippen molar-refractivity contribution in [3.05, 3.63) is 63.7 Å². The van der Waals surface area contributed by atoms with Gasteiger partial charge in [0.15, 0.2) is 10.8 Å². The number of aliphatic carboxylic acids is 1. The Morgan fingerprint density at radius 3 is 2.71 bits per heavy atom. The number of thiazole rings is 1. The molecule has 2 heterocycles. The molecule has 2 aromatic rings. The van der Waals surface area contributed by atoms with Crippen LogP contribution in [-0.4, -0.2) is 21.9 Å². The van der Waals surface area contributed by atoms with Gasteiger partial charge in [0, 0.05) is 17.3 Å². The third-order valence-corrected chi connectivity index (χ3v) is 4.00. The number of nitrogens with zero attached hydrogens (tertiary/aromatic N) is 2. The van der Waals surface area contributed by atoms with Crippen molar-refractivity contribution in [2.45, 2.75) is 13.0 Å². The van der Waals surface area contributed by atoms with Crippen LogP contribution in [0.1, 0.15) is 23.5 Å². The average molecular weight is 299 g/mol. The van der Waals surface area contributed by atoms with E-state index in [0.717, 1.165) is 10.6 Å². The van der Waals surface area contributed by atoms with Crippen LogP contribution in [0.25, 0.3) is 0 Å². The second-order valence-electron chi connectivity index (χ2n) is 4.60. The van der Waals surface area contributed by atoms with Crippen molar-refractivity contribution in [1.82, 2.24) is 10.3 Å². The summed E-state index contributed by atoms with van der Waals surface area (Å²) in [6.07, 6.45) is 1.70. The molecule has 1 atom stereocenters. The standard InChI is InChI=1S/C15H13N3O2S/c1-9-11(15(19)20)12(10-5-3-2-4-6-10)18-13(17-9)14-16-7-8-21-14/h2-8,12H,1H3,(H,17,18)(H,19,20). The van der Waals surface area contributed by atoms with Crippen LogP contribution in [0.4, 0.5) is 0 Å². The molecule has 21 heavy (non-hydrogen) atoms. The quantitative estimate of drug-likeness (QED) is 0.913. The van der Waals surface area contributed by atoms with E-state index in [1.807, 2.05) is 35.7 Å². The zero-order valence-corrected chi connectivity index (χ0v) is 12.1. The number of amidine groups is 1. The number of carbonyl (C=O) groups is 1. The molecule has 0 spiro atoms. The number of rotatable bonds is 3. The molecule has 0 radical (unpaired) electrons.